The maximum absolute atomic E-state index is 11.9. The van der Waals surface area contributed by atoms with Gasteiger partial charge in [0.15, 0.2) is 0 Å². The van der Waals surface area contributed by atoms with E-state index < -0.39 is 11.9 Å². The highest BCUT2D eigenvalue weighted by atomic mass is 16.4. The van der Waals surface area contributed by atoms with Crippen molar-refractivity contribution in [2.24, 2.45) is 17.3 Å². The second-order valence-electron chi connectivity index (χ2n) is 6.81. The number of carbonyl (C=O) groups excluding carboxylic acids is 1. The summed E-state index contributed by atoms with van der Waals surface area (Å²) >= 11 is 0. The summed E-state index contributed by atoms with van der Waals surface area (Å²) in [5.74, 6) is -0.940. The molecule has 1 rings (SSSR count). The smallest absolute Gasteiger partial charge is 0.310 e. The molecular formula is C15H25NO3. The quantitative estimate of drug-likeness (QED) is 0.752. The van der Waals surface area contributed by atoms with Crippen LogP contribution in [0.2, 0.25) is 0 Å². The number of aliphatic carboxylic acids is 1. The van der Waals surface area contributed by atoms with E-state index in [0.29, 0.717) is 18.8 Å². The number of carboxylic acids is 1. The molecule has 4 nitrogen and oxygen atoms in total. The van der Waals surface area contributed by atoms with E-state index in [-0.39, 0.29) is 17.4 Å². The summed E-state index contributed by atoms with van der Waals surface area (Å²) < 4.78 is 0. The van der Waals surface area contributed by atoms with Gasteiger partial charge in [-0.2, -0.15) is 0 Å². The number of hydrogen-bond donors (Lipinski definition) is 2. The lowest BCUT2D eigenvalue weighted by atomic mass is 9.84. The fourth-order valence-corrected chi connectivity index (χ4v) is 2.69. The van der Waals surface area contributed by atoms with Crippen LogP contribution in [0.3, 0.4) is 0 Å². The van der Waals surface area contributed by atoms with Crippen molar-refractivity contribution < 1.29 is 14.7 Å². The molecule has 0 aromatic rings. The molecule has 1 amide bonds. The first-order chi connectivity index (χ1) is 8.67. The predicted octanol–water partition coefficient (Wildman–Crippen LogP) is 2.59. The number of carbonyl (C=O) groups is 2. The van der Waals surface area contributed by atoms with E-state index in [1.807, 2.05) is 0 Å². The van der Waals surface area contributed by atoms with E-state index in [9.17, 15) is 9.59 Å². The van der Waals surface area contributed by atoms with Crippen LogP contribution in [0.1, 0.15) is 47.0 Å². The number of rotatable bonds is 5. The third-order valence-electron chi connectivity index (χ3n) is 3.24. The first-order valence-corrected chi connectivity index (χ1v) is 6.88. The molecule has 3 unspecified atom stereocenters. The van der Waals surface area contributed by atoms with Crippen LogP contribution in [0.4, 0.5) is 0 Å². The van der Waals surface area contributed by atoms with Crippen molar-refractivity contribution in [2.45, 2.75) is 53.0 Å². The van der Waals surface area contributed by atoms with Crippen LogP contribution in [-0.2, 0) is 9.59 Å². The van der Waals surface area contributed by atoms with Crippen LogP contribution in [0.5, 0.6) is 0 Å². The van der Waals surface area contributed by atoms with Crippen LogP contribution in [-0.4, -0.2) is 23.0 Å². The van der Waals surface area contributed by atoms with Gasteiger partial charge in [-0.05, 0) is 24.2 Å². The Bertz CT molecular complexity index is 368. The maximum Gasteiger partial charge on any atom is 0.310 e. The molecule has 4 heteroatoms. The highest BCUT2D eigenvalue weighted by Crippen LogP contribution is 2.26. The Balaban J connectivity index is 2.33. The topological polar surface area (TPSA) is 66.4 Å². The van der Waals surface area contributed by atoms with Crippen molar-refractivity contribution >= 4 is 11.9 Å². The third-order valence-corrected chi connectivity index (χ3v) is 3.24. The molecule has 19 heavy (non-hydrogen) atoms. The lowest BCUT2D eigenvalue weighted by Gasteiger charge is -2.23. The summed E-state index contributed by atoms with van der Waals surface area (Å²) in [6, 6.07) is -0.129. The minimum atomic E-state index is -0.825. The predicted molar refractivity (Wildman–Crippen MR) is 74.7 cm³/mol. The van der Waals surface area contributed by atoms with Gasteiger partial charge in [0.1, 0.15) is 0 Å². The van der Waals surface area contributed by atoms with Crippen LogP contribution in [0.15, 0.2) is 12.2 Å². The standard InChI is InChI=1S/C15H25NO3/c1-10(9-15(2,3)4)7-13(17)16-12-6-5-11(8-12)14(18)19/h5-6,10-12H,7-9H2,1-4H3,(H,16,17)(H,18,19). The summed E-state index contributed by atoms with van der Waals surface area (Å²) in [5.41, 5.74) is 0.224. The molecular weight excluding hydrogens is 242 g/mol. The molecule has 0 saturated carbocycles. The fraction of sp³-hybridized carbons (Fsp3) is 0.733. The SMILES string of the molecule is CC(CC(=O)NC1C=CC(C(=O)O)C1)CC(C)(C)C. The zero-order chi connectivity index (χ0) is 14.6. The van der Waals surface area contributed by atoms with Gasteiger partial charge in [0.05, 0.1) is 5.92 Å². The second-order valence-corrected chi connectivity index (χ2v) is 6.81. The van der Waals surface area contributed by atoms with E-state index in [1.165, 1.54) is 0 Å². The summed E-state index contributed by atoms with van der Waals surface area (Å²) in [7, 11) is 0. The zero-order valence-corrected chi connectivity index (χ0v) is 12.3. The number of nitrogens with one attached hydrogen (secondary N) is 1. The monoisotopic (exact) mass is 267 g/mol. The number of amides is 1. The summed E-state index contributed by atoms with van der Waals surface area (Å²) in [5, 5.41) is 11.8. The molecule has 0 saturated heterocycles. The molecule has 3 atom stereocenters. The van der Waals surface area contributed by atoms with E-state index in [0.717, 1.165) is 6.42 Å². The zero-order valence-electron chi connectivity index (χ0n) is 12.3. The van der Waals surface area contributed by atoms with E-state index in [4.69, 9.17) is 5.11 Å². The Morgan fingerprint density at radius 2 is 2.00 bits per heavy atom. The van der Waals surface area contributed by atoms with Crippen LogP contribution >= 0.6 is 0 Å². The normalized spacial score (nSPS) is 24.2. The van der Waals surface area contributed by atoms with E-state index >= 15 is 0 Å². The molecule has 1 aliphatic carbocycles. The van der Waals surface area contributed by atoms with Gasteiger partial charge >= 0.3 is 5.97 Å². The van der Waals surface area contributed by atoms with Crippen LogP contribution in [0, 0.1) is 17.3 Å². The minimum absolute atomic E-state index is 0.0115. The molecule has 0 fully saturated rings. The van der Waals surface area contributed by atoms with Gasteiger partial charge in [-0.1, -0.05) is 39.8 Å². The third kappa shape index (κ3) is 5.90. The molecule has 1 aliphatic rings. The lowest BCUT2D eigenvalue weighted by molar-refractivity contribution is -0.140. The molecule has 0 heterocycles. The molecule has 0 aromatic heterocycles. The van der Waals surface area contributed by atoms with Gasteiger partial charge < -0.3 is 10.4 Å². The van der Waals surface area contributed by atoms with Gasteiger partial charge in [0.2, 0.25) is 5.91 Å². The van der Waals surface area contributed by atoms with Gasteiger partial charge in [-0.3, -0.25) is 9.59 Å². The molecule has 0 radical (unpaired) electrons. The van der Waals surface area contributed by atoms with Gasteiger partial charge in [-0.25, -0.2) is 0 Å². The van der Waals surface area contributed by atoms with Crippen molar-refractivity contribution in [2.75, 3.05) is 0 Å². The second kappa shape index (κ2) is 6.22. The van der Waals surface area contributed by atoms with Crippen molar-refractivity contribution in [3.05, 3.63) is 12.2 Å². The molecule has 2 N–H and O–H groups in total. The van der Waals surface area contributed by atoms with Crippen LogP contribution < -0.4 is 5.32 Å². The summed E-state index contributed by atoms with van der Waals surface area (Å²) in [4.78, 5) is 22.7. The van der Waals surface area contributed by atoms with Gasteiger partial charge in [0.25, 0.3) is 0 Å². The van der Waals surface area contributed by atoms with Gasteiger partial charge in [-0.15, -0.1) is 0 Å². The first kappa shape index (κ1) is 15.7. The average Bonchev–Trinajstić information content (AvgIpc) is 2.62. The Kier molecular flexibility index (Phi) is 5.15. The summed E-state index contributed by atoms with van der Waals surface area (Å²) in [6.45, 7) is 8.57. The Hall–Kier alpha value is -1.32. The molecule has 0 bridgehead atoms. The maximum atomic E-state index is 11.9. The van der Waals surface area contributed by atoms with Crippen LogP contribution in [0.25, 0.3) is 0 Å². The van der Waals surface area contributed by atoms with Gasteiger partial charge in [0, 0.05) is 12.5 Å². The Morgan fingerprint density at radius 1 is 1.37 bits per heavy atom. The minimum Gasteiger partial charge on any atom is -0.481 e. The van der Waals surface area contributed by atoms with E-state index in [1.54, 1.807) is 12.2 Å². The van der Waals surface area contributed by atoms with Crippen molar-refractivity contribution in [1.29, 1.82) is 0 Å². The first-order valence-electron chi connectivity index (χ1n) is 6.88. The van der Waals surface area contributed by atoms with Crippen molar-refractivity contribution in [3.8, 4) is 0 Å². The molecule has 0 aromatic carbocycles. The highest BCUT2D eigenvalue weighted by molar-refractivity contribution is 5.77. The highest BCUT2D eigenvalue weighted by Gasteiger charge is 2.26. The molecule has 108 valence electrons. The van der Waals surface area contributed by atoms with Crippen molar-refractivity contribution in [1.82, 2.24) is 5.32 Å². The average molecular weight is 267 g/mol. The summed E-state index contributed by atoms with van der Waals surface area (Å²) in [6.07, 6.45) is 5.41. The Labute approximate surface area is 115 Å². The van der Waals surface area contributed by atoms with Crippen molar-refractivity contribution in [3.63, 3.8) is 0 Å². The number of hydrogen-bond acceptors (Lipinski definition) is 2. The molecule has 0 spiro atoms. The fourth-order valence-electron chi connectivity index (χ4n) is 2.69. The molecule has 0 aliphatic heterocycles. The number of carboxylic acid groups (broad SMARTS) is 1. The Morgan fingerprint density at radius 3 is 2.47 bits per heavy atom. The van der Waals surface area contributed by atoms with E-state index in [2.05, 4.69) is 33.0 Å². The largest absolute Gasteiger partial charge is 0.481 e. The lowest BCUT2D eigenvalue weighted by Crippen LogP contribution is -2.34.